The Morgan fingerprint density at radius 1 is 0.700 bits per heavy atom. The summed E-state index contributed by atoms with van der Waals surface area (Å²) in [4.78, 5) is 41.2. The van der Waals surface area contributed by atoms with Crippen molar-refractivity contribution >= 4 is 30.0 Å². The molecule has 0 aliphatic rings. The molecule has 0 aliphatic carbocycles. The lowest BCUT2D eigenvalue weighted by molar-refractivity contribution is -0.0294. The number of anilines is 2. The van der Waals surface area contributed by atoms with E-state index in [9.17, 15) is 14.4 Å². The van der Waals surface area contributed by atoms with E-state index in [0.29, 0.717) is 17.4 Å². The third-order valence-corrected chi connectivity index (χ3v) is 3.53. The highest BCUT2D eigenvalue weighted by atomic mass is 16.8. The first-order valence-electron chi connectivity index (χ1n) is 12.1. The van der Waals surface area contributed by atoms with Gasteiger partial charge in [0.1, 0.15) is 39.9 Å². The van der Waals surface area contributed by atoms with E-state index in [1.165, 1.54) is 0 Å². The molecule has 0 bridgehead atoms. The first kappa shape index (κ1) is 35.7. The SMILES string of the molecule is CC(C)(C)OC(=O)OC(=O)OC(C)(C)C.COc1ccnc(N)c1.COc1ccnc(NC(=O)OC(C)(C)C)c1. The summed E-state index contributed by atoms with van der Waals surface area (Å²) in [6.45, 7) is 15.4. The topological polar surface area (TPSA) is 170 Å². The van der Waals surface area contributed by atoms with Gasteiger partial charge in [-0.2, -0.15) is 0 Å². The van der Waals surface area contributed by atoms with E-state index in [4.69, 9.17) is 29.4 Å². The lowest BCUT2D eigenvalue weighted by Crippen LogP contribution is -2.29. The highest BCUT2D eigenvalue weighted by Gasteiger charge is 2.24. The molecule has 0 spiro atoms. The van der Waals surface area contributed by atoms with Gasteiger partial charge in [-0.25, -0.2) is 24.4 Å². The van der Waals surface area contributed by atoms with Gasteiger partial charge in [-0.3, -0.25) is 5.32 Å². The minimum atomic E-state index is -1.06. The van der Waals surface area contributed by atoms with Gasteiger partial charge in [0.15, 0.2) is 0 Å². The Kier molecular flexibility index (Phi) is 14.2. The number of nitrogens with two attached hydrogens (primary N) is 1. The molecule has 0 aromatic carbocycles. The quantitative estimate of drug-likeness (QED) is 0.253. The molecule has 2 heterocycles. The number of carbonyl (C=O) groups excluding carboxylic acids is 3. The maximum absolute atomic E-state index is 11.4. The molecule has 224 valence electrons. The highest BCUT2D eigenvalue weighted by Crippen LogP contribution is 2.15. The lowest BCUT2D eigenvalue weighted by Gasteiger charge is -2.20. The third kappa shape index (κ3) is 19.8. The predicted molar refractivity (Wildman–Crippen MR) is 149 cm³/mol. The van der Waals surface area contributed by atoms with Crippen LogP contribution < -0.4 is 20.5 Å². The average molecular weight is 567 g/mol. The maximum Gasteiger partial charge on any atom is 0.519 e. The molecule has 2 aromatic heterocycles. The van der Waals surface area contributed by atoms with Crippen molar-refractivity contribution in [2.45, 2.75) is 79.1 Å². The molecule has 2 rings (SSSR count). The van der Waals surface area contributed by atoms with Crippen molar-refractivity contribution in [3.8, 4) is 11.5 Å². The summed E-state index contributed by atoms with van der Waals surface area (Å²) in [5.41, 5.74) is 3.43. The molecular weight excluding hydrogens is 524 g/mol. The van der Waals surface area contributed by atoms with E-state index >= 15 is 0 Å². The number of rotatable bonds is 3. The van der Waals surface area contributed by atoms with Crippen molar-refractivity contribution in [1.29, 1.82) is 0 Å². The number of amides is 1. The molecule has 3 N–H and O–H groups in total. The van der Waals surface area contributed by atoms with Crippen LogP contribution in [0.25, 0.3) is 0 Å². The highest BCUT2D eigenvalue weighted by molar-refractivity contribution is 5.83. The Morgan fingerprint density at radius 3 is 1.50 bits per heavy atom. The van der Waals surface area contributed by atoms with Crippen LogP contribution in [-0.2, 0) is 18.9 Å². The Balaban J connectivity index is 0.000000592. The van der Waals surface area contributed by atoms with E-state index < -0.39 is 35.2 Å². The molecule has 0 saturated carbocycles. The van der Waals surface area contributed by atoms with Crippen LogP contribution in [0.4, 0.5) is 26.0 Å². The fraction of sp³-hybridized carbons (Fsp3) is 0.519. The van der Waals surface area contributed by atoms with Crippen LogP contribution >= 0.6 is 0 Å². The summed E-state index contributed by atoms with van der Waals surface area (Å²) in [6.07, 6.45) is 0.501. The Labute approximate surface area is 235 Å². The van der Waals surface area contributed by atoms with Crippen molar-refractivity contribution in [3.63, 3.8) is 0 Å². The first-order chi connectivity index (χ1) is 18.2. The summed E-state index contributed by atoms with van der Waals surface area (Å²) in [7, 11) is 3.14. The van der Waals surface area contributed by atoms with Gasteiger partial charge >= 0.3 is 18.4 Å². The number of methoxy groups -OCH3 is 2. The summed E-state index contributed by atoms with van der Waals surface area (Å²) >= 11 is 0. The van der Waals surface area contributed by atoms with Crippen molar-refractivity contribution < 1.29 is 42.8 Å². The Bertz CT molecular complexity index is 1060. The van der Waals surface area contributed by atoms with Gasteiger partial charge in [0.25, 0.3) is 0 Å². The molecule has 0 unspecified atom stereocenters. The van der Waals surface area contributed by atoms with Gasteiger partial charge < -0.3 is 34.2 Å². The van der Waals surface area contributed by atoms with Crippen LogP contribution in [0.2, 0.25) is 0 Å². The van der Waals surface area contributed by atoms with E-state index in [1.54, 1.807) is 113 Å². The molecular formula is C27H42N4O9. The zero-order valence-corrected chi connectivity index (χ0v) is 25.1. The number of pyridine rings is 2. The first-order valence-corrected chi connectivity index (χ1v) is 12.1. The minimum absolute atomic E-state index is 0.397. The molecule has 40 heavy (non-hydrogen) atoms. The van der Waals surface area contributed by atoms with Gasteiger partial charge in [-0.15, -0.1) is 0 Å². The summed E-state index contributed by atoms with van der Waals surface area (Å²) < 4.78 is 28.8. The van der Waals surface area contributed by atoms with Gasteiger partial charge in [-0.1, -0.05) is 0 Å². The number of nitrogens with zero attached hydrogens (tertiary/aromatic N) is 2. The fourth-order valence-electron chi connectivity index (χ4n) is 2.18. The standard InChI is InChI=1S/C11H16N2O3.C10H18O5.C6H8N2O/c1-11(2,3)16-10(14)13-9-7-8(15-4)5-6-12-9;1-9(2,3)14-7(11)13-8(12)15-10(4,5)6;1-9-5-2-3-8-6(7)4-5/h5-7H,1-4H3,(H,12,13,14);1-6H3;2-4H,1H3,(H2,7,8). The monoisotopic (exact) mass is 566 g/mol. The van der Waals surface area contributed by atoms with Crippen LogP contribution in [0.3, 0.4) is 0 Å². The Morgan fingerprint density at radius 2 is 1.12 bits per heavy atom. The van der Waals surface area contributed by atoms with Gasteiger partial charge in [0.2, 0.25) is 0 Å². The molecule has 0 radical (unpaired) electrons. The molecule has 0 fully saturated rings. The molecule has 0 aliphatic heterocycles. The van der Waals surface area contributed by atoms with Gasteiger partial charge in [0.05, 0.1) is 14.2 Å². The second-order valence-corrected chi connectivity index (χ2v) is 10.9. The van der Waals surface area contributed by atoms with Crippen LogP contribution in [0.1, 0.15) is 62.3 Å². The molecule has 0 saturated heterocycles. The van der Waals surface area contributed by atoms with Gasteiger partial charge in [-0.05, 0) is 74.4 Å². The van der Waals surface area contributed by atoms with Crippen molar-refractivity contribution in [2.75, 3.05) is 25.3 Å². The van der Waals surface area contributed by atoms with Gasteiger partial charge in [0, 0.05) is 24.5 Å². The second-order valence-electron chi connectivity index (χ2n) is 10.9. The number of ether oxygens (including phenoxy) is 6. The third-order valence-electron chi connectivity index (χ3n) is 3.53. The summed E-state index contributed by atoms with van der Waals surface area (Å²) in [6, 6.07) is 6.72. The van der Waals surface area contributed by atoms with E-state index in [2.05, 4.69) is 20.0 Å². The average Bonchev–Trinajstić information content (AvgIpc) is 2.76. The fourth-order valence-corrected chi connectivity index (χ4v) is 2.18. The number of aromatic nitrogens is 2. The zero-order chi connectivity index (χ0) is 31.1. The van der Waals surface area contributed by atoms with E-state index in [-0.39, 0.29) is 0 Å². The molecule has 1 amide bonds. The van der Waals surface area contributed by atoms with E-state index in [1.807, 2.05) is 0 Å². The van der Waals surface area contributed by atoms with E-state index in [0.717, 1.165) is 5.75 Å². The van der Waals surface area contributed by atoms with Crippen molar-refractivity contribution in [1.82, 2.24) is 9.97 Å². The number of hydrogen-bond donors (Lipinski definition) is 2. The van der Waals surface area contributed by atoms with Crippen LogP contribution in [0, 0.1) is 0 Å². The molecule has 0 atom stereocenters. The largest absolute Gasteiger partial charge is 0.519 e. The summed E-state index contributed by atoms with van der Waals surface area (Å²) in [5.74, 6) is 2.24. The van der Waals surface area contributed by atoms with Crippen molar-refractivity contribution in [2.24, 2.45) is 0 Å². The smallest absolute Gasteiger partial charge is 0.497 e. The minimum Gasteiger partial charge on any atom is -0.497 e. The van der Waals surface area contributed by atoms with Crippen LogP contribution in [-0.4, -0.2) is 59.4 Å². The van der Waals surface area contributed by atoms with Crippen LogP contribution in [0.15, 0.2) is 36.7 Å². The van der Waals surface area contributed by atoms with Crippen molar-refractivity contribution in [3.05, 3.63) is 36.7 Å². The Hall–Kier alpha value is -4.29. The molecule has 2 aromatic rings. The molecule has 13 nitrogen and oxygen atoms in total. The number of carbonyl (C=O) groups is 3. The van der Waals surface area contributed by atoms with Crippen LogP contribution in [0.5, 0.6) is 11.5 Å². The number of hydrogen-bond acceptors (Lipinski definition) is 12. The predicted octanol–water partition coefficient (Wildman–Crippen LogP) is 5.98. The number of nitrogen functional groups attached to an aromatic ring is 1. The normalized spacial score (nSPS) is 10.8. The molecule has 13 heteroatoms. The number of nitrogens with one attached hydrogen (secondary N) is 1. The maximum atomic E-state index is 11.4. The zero-order valence-electron chi connectivity index (χ0n) is 25.1. The second kappa shape index (κ2) is 16.0. The summed E-state index contributed by atoms with van der Waals surface area (Å²) in [5, 5.41) is 2.52. The lowest BCUT2D eigenvalue weighted by atomic mass is 10.2.